The molecule has 2 N–H and O–H groups in total. The van der Waals surface area contributed by atoms with Gasteiger partial charge in [0.1, 0.15) is 5.82 Å². The van der Waals surface area contributed by atoms with Crippen LogP contribution in [-0.4, -0.2) is 18.1 Å². The Kier molecular flexibility index (Phi) is 3.10. The van der Waals surface area contributed by atoms with E-state index in [1.54, 1.807) is 6.20 Å². The molecule has 0 bridgehead atoms. The molecule has 0 atom stereocenters. The van der Waals surface area contributed by atoms with E-state index in [9.17, 15) is 0 Å². The number of hydrogen-bond acceptors (Lipinski definition) is 3. The molecule has 1 aromatic heterocycles. The zero-order valence-electron chi connectivity index (χ0n) is 9.83. The molecule has 1 fully saturated rings. The van der Waals surface area contributed by atoms with Gasteiger partial charge < -0.3 is 10.6 Å². The predicted octanol–water partition coefficient (Wildman–Crippen LogP) is 3.05. The molecule has 2 heterocycles. The lowest BCUT2D eigenvalue weighted by Crippen LogP contribution is -2.40. The molecule has 1 aromatic rings. The Bertz CT molecular complexity index is 390. The summed E-state index contributed by atoms with van der Waals surface area (Å²) in [6, 6.07) is 1.92. The second-order valence-electron chi connectivity index (χ2n) is 5.26. The first-order valence-corrected chi connectivity index (χ1v) is 6.43. The van der Waals surface area contributed by atoms with Gasteiger partial charge in [-0.15, -0.1) is 0 Å². The molecule has 3 nitrogen and oxygen atoms in total. The molecule has 1 aliphatic heterocycles. The molecule has 1 aliphatic rings. The number of nitrogens with zero attached hydrogens (tertiary/aromatic N) is 2. The van der Waals surface area contributed by atoms with Gasteiger partial charge in [-0.05, 0) is 40.3 Å². The molecular weight excluding hydrogens is 266 g/mol. The van der Waals surface area contributed by atoms with Gasteiger partial charge in [0.15, 0.2) is 0 Å². The monoisotopic (exact) mass is 283 g/mol. The number of pyridine rings is 1. The zero-order chi connectivity index (χ0) is 11.8. The van der Waals surface area contributed by atoms with Crippen LogP contribution in [0, 0.1) is 5.41 Å². The first-order chi connectivity index (χ1) is 7.48. The molecule has 88 valence electrons. The molecule has 0 radical (unpaired) electrons. The molecule has 0 spiro atoms. The van der Waals surface area contributed by atoms with Gasteiger partial charge in [0, 0.05) is 13.1 Å². The van der Waals surface area contributed by atoms with Crippen molar-refractivity contribution in [3.63, 3.8) is 0 Å². The fraction of sp³-hybridized carbons (Fsp3) is 0.583. The van der Waals surface area contributed by atoms with Gasteiger partial charge in [-0.3, -0.25) is 0 Å². The van der Waals surface area contributed by atoms with Crippen LogP contribution in [0.25, 0.3) is 0 Å². The smallest absolute Gasteiger partial charge is 0.143 e. The Hall–Kier alpha value is -0.770. The summed E-state index contributed by atoms with van der Waals surface area (Å²) < 4.78 is 0.991. The van der Waals surface area contributed by atoms with Crippen LogP contribution in [0.1, 0.15) is 26.7 Å². The molecule has 16 heavy (non-hydrogen) atoms. The summed E-state index contributed by atoms with van der Waals surface area (Å²) >= 11 is 3.54. The van der Waals surface area contributed by atoms with E-state index in [2.05, 4.69) is 39.7 Å². The van der Waals surface area contributed by atoms with E-state index in [4.69, 9.17) is 5.73 Å². The molecule has 2 rings (SSSR count). The van der Waals surface area contributed by atoms with Crippen LogP contribution in [0.5, 0.6) is 0 Å². The highest BCUT2D eigenvalue weighted by Crippen LogP contribution is 2.34. The van der Waals surface area contributed by atoms with E-state index in [-0.39, 0.29) is 0 Å². The van der Waals surface area contributed by atoms with Crippen LogP contribution in [0.4, 0.5) is 11.5 Å². The summed E-state index contributed by atoms with van der Waals surface area (Å²) in [4.78, 5) is 6.76. The summed E-state index contributed by atoms with van der Waals surface area (Å²) in [7, 11) is 0. The number of piperidine rings is 1. The van der Waals surface area contributed by atoms with Crippen molar-refractivity contribution < 1.29 is 0 Å². The van der Waals surface area contributed by atoms with Gasteiger partial charge >= 0.3 is 0 Å². The lowest BCUT2D eigenvalue weighted by molar-refractivity contribution is 0.292. The highest BCUT2D eigenvalue weighted by atomic mass is 79.9. The Morgan fingerprint density at radius 2 is 2.25 bits per heavy atom. The minimum atomic E-state index is 0.376. The minimum Gasteiger partial charge on any atom is -0.397 e. The van der Waals surface area contributed by atoms with E-state index in [1.165, 1.54) is 12.8 Å². The van der Waals surface area contributed by atoms with E-state index in [1.807, 2.05) is 6.07 Å². The van der Waals surface area contributed by atoms with E-state index in [0.29, 0.717) is 11.1 Å². The summed E-state index contributed by atoms with van der Waals surface area (Å²) in [6.45, 7) is 6.76. The molecular formula is C12H18BrN3. The lowest BCUT2D eigenvalue weighted by Gasteiger charge is -2.39. The zero-order valence-corrected chi connectivity index (χ0v) is 11.4. The third-order valence-electron chi connectivity index (χ3n) is 3.04. The van der Waals surface area contributed by atoms with Crippen molar-refractivity contribution >= 4 is 27.4 Å². The average molecular weight is 284 g/mol. The van der Waals surface area contributed by atoms with Gasteiger partial charge in [0.2, 0.25) is 0 Å². The van der Waals surface area contributed by atoms with Gasteiger partial charge in [0.05, 0.1) is 16.4 Å². The normalized spacial score (nSPS) is 19.8. The van der Waals surface area contributed by atoms with Crippen LogP contribution < -0.4 is 10.6 Å². The highest BCUT2D eigenvalue weighted by Gasteiger charge is 2.27. The summed E-state index contributed by atoms with van der Waals surface area (Å²) in [5.74, 6) is 1.02. The molecule has 4 heteroatoms. The molecule has 0 saturated carbocycles. The summed E-state index contributed by atoms with van der Waals surface area (Å²) in [6.07, 6.45) is 4.24. The van der Waals surface area contributed by atoms with Gasteiger partial charge in [-0.25, -0.2) is 4.98 Å². The van der Waals surface area contributed by atoms with E-state index < -0.39 is 0 Å². The Labute approximate surface area is 105 Å². The number of halogens is 1. The van der Waals surface area contributed by atoms with E-state index >= 15 is 0 Å². The van der Waals surface area contributed by atoms with Gasteiger partial charge in [-0.2, -0.15) is 0 Å². The maximum atomic E-state index is 5.70. The number of rotatable bonds is 1. The second kappa shape index (κ2) is 4.24. The summed E-state index contributed by atoms with van der Waals surface area (Å²) in [5, 5.41) is 0. The van der Waals surface area contributed by atoms with Crippen LogP contribution in [0.15, 0.2) is 16.7 Å². The molecule has 0 amide bonds. The maximum Gasteiger partial charge on any atom is 0.143 e. The van der Waals surface area contributed by atoms with Crippen molar-refractivity contribution in [3.8, 4) is 0 Å². The largest absolute Gasteiger partial charge is 0.397 e. The third kappa shape index (κ3) is 2.48. The first kappa shape index (κ1) is 11.7. The van der Waals surface area contributed by atoms with Crippen LogP contribution in [0.3, 0.4) is 0 Å². The van der Waals surface area contributed by atoms with Crippen molar-refractivity contribution in [2.24, 2.45) is 5.41 Å². The van der Waals surface area contributed by atoms with Gasteiger partial charge in [0.25, 0.3) is 0 Å². The van der Waals surface area contributed by atoms with Crippen molar-refractivity contribution in [2.45, 2.75) is 26.7 Å². The average Bonchev–Trinajstić information content (AvgIpc) is 2.15. The van der Waals surface area contributed by atoms with Crippen LogP contribution >= 0.6 is 15.9 Å². The fourth-order valence-electron chi connectivity index (χ4n) is 2.28. The lowest BCUT2D eigenvalue weighted by atomic mass is 9.84. The molecule has 0 unspecified atom stereocenters. The summed E-state index contributed by atoms with van der Waals surface area (Å²) in [5.41, 5.74) is 6.78. The maximum absolute atomic E-state index is 5.70. The SMILES string of the molecule is CC1(C)CCCN(c2ncc(N)cc2Br)C1. The standard InChI is InChI=1S/C12H18BrN3/c1-12(2)4-3-5-16(8-12)11-10(13)6-9(14)7-15-11/h6-7H,3-5,8,14H2,1-2H3. The first-order valence-electron chi connectivity index (χ1n) is 5.64. The quantitative estimate of drug-likeness (QED) is 0.861. The number of nitrogens with two attached hydrogens (primary N) is 1. The Balaban J connectivity index is 2.23. The Morgan fingerprint density at radius 1 is 1.50 bits per heavy atom. The third-order valence-corrected chi connectivity index (χ3v) is 3.63. The second-order valence-corrected chi connectivity index (χ2v) is 6.12. The van der Waals surface area contributed by atoms with Gasteiger partial charge in [-0.1, -0.05) is 13.8 Å². The molecule has 1 saturated heterocycles. The van der Waals surface area contributed by atoms with Crippen molar-refractivity contribution in [1.82, 2.24) is 4.98 Å². The number of aromatic nitrogens is 1. The van der Waals surface area contributed by atoms with E-state index in [0.717, 1.165) is 23.4 Å². The van der Waals surface area contributed by atoms with Crippen LogP contribution in [0.2, 0.25) is 0 Å². The highest BCUT2D eigenvalue weighted by molar-refractivity contribution is 9.10. The molecule has 0 aliphatic carbocycles. The van der Waals surface area contributed by atoms with Crippen molar-refractivity contribution in [2.75, 3.05) is 23.7 Å². The number of nitrogen functional groups attached to an aromatic ring is 1. The topological polar surface area (TPSA) is 42.2 Å². The van der Waals surface area contributed by atoms with Crippen LogP contribution in [-0.2, 0) is 0 Å². The number of hydrogen-bond donors (Lipinski definition) is 1. The fourth-order valence-corrected chi connectivity index (χ4v) is 2.90. The predicted molar refractivity (Wildman–Crippen MR) is 71.6 cm³/mol. The van der Waals surface area contributed by atoms with Crippen molar-refractivity contribution in [3.05, 3.63) is 16.7 Å². The molecule has 0 aromatic carbocycles. The van der Waals surface area contributed by atoms with Crippen molar-refractivity contribution in [1.29, 1.82) is 0 Å². The Morgan fingerprint density at radius 3 is 2.88 bits per heavy atom. The minimum absolute atomic E-state index is 0.376. The number of anilines is 2.